The summed E-state index contributed by atoms with van der Waals surface area (Å²) < 4.78 is 27.0. The summed E-state index contributed by atoms with van der Waals surface area (Å²) in [6.07, 6.45) is 0.705. The second-order valence-corrected chi connectivity index (χ2v) is 10.0. The molecule has 1 aliphatic rings. The Morgan fingerprint density at radius 1 is 0.970 bits per heavy atom. The Hall–Kier alpha value is -3.52. The number of carbonyl (C=O) groups is 1. The van der Waals surface area contributed by atoms with Crippen molar-refractivity contribution in [1.82, 2.24) is 5.32 Å². The molecule has 0 atom stereocenters. The van der Waals surface area contributed by atoms with E-state index < -0.39 is 16.1 Å². The zero-order valence-electron chi connectivity index (χ0n) is 18.6. The predicted octanol–water partition coefficient (Wildman–Crippen LogP) is 3.84. The maximum Gasteiger partial charge on any atom is 0.319 e. The number of sulfonamides is 1. The summed E-state index contributed by atoms with van der Waals surface area (Å²) in [6, 6.07) is 24.7. The van der Waals surface area contributed by atoms with E-state index in [2.05, 4.69) is 27.7 Å². The molecule has 3 aromatic rings. The lowest BCUT2D eigenvalue weighted by atomic mass is 10.2. The maximum absolute atomic E-state index is 12.8. The topological polar surface area (TPSA) is 81.8 Å². The molecule has 4 rings (SSSR count). The number of nitrogens with zero attached hydrogens (tertiary/aromatic N) is 2. The number of anilines is 3. The number of rotatable bonds is 8. The van der Waals surface area contributed by atoms with Crippen molar-refractivity contribution in [2.75, 3.05) is 40.4 Å². The number of benzene rings is 3. The lowest BCUT2D eigenvalue weighted by Gasteiger charge is -2.23. The first kappa shape index (κ1) is 22.7. The van der Waals surface area contributed by atoms with Gasteiger partial charge in [0.1, 0.15) is 0 Å². The van der Waals surface area contributed by atoms with Gasteiger partial charge in [-0.15, -0.1) is 0 Å². The summed E-state index contributed by atoms with van der Waals surface area (Å²) in [5.41, 5.74) is 4.45. The van der Waals surface area contributed by atoms with Crippen molar-refractivity contribution in [3.05, 3.63) is 90.0 Å². The molecule has 0 saturated heterocycles. The fourth-order valence-corrected chi connectivity index (χ4v) is 5.45. The van der Waals surface area contributed by atoms with Crippen LogP contribution >= 0.6 is 0 Å². The fourth-order valence-electron chi connectivity index (χ4n) is 4.02. The van der Waals surface area contributed by atoms with Crippen molar-refractivity contribution in [2.24, 2.45) is 0 Å². The van der Waals surface area contributed by atoms with Gasteiger partial charge < -0.3 is 15.5 Å². The Morgan fingerprint density at radius 2 is 1.67 bits per heavy atom. The largest absolute Gasteiger partial charge is 0.369 e. The molecule has 2 amide bonds. The first-order chi connectivity index (χ1) is 15.9. The van der Waals surface area contributed by atoms with Crippen molar-refractivity contribution in [1.29, 1.82) is 0 Å². The summed E-state index contributed by atoms with van der Waals surface area (Å²) in [6.45, 7) is 1.15. The number of para-hydroxylation sites is 3. The highest BCUT2D eigenvalue weighted by atomic mass is 32.2. The summed E-state index contributed by atoms with van der Waals surface area (Å²) >= 11 is 0. The Labute approximate surface area is 195 Å². The molecule has 0 aromatic heterocycles. The number of fused-ring (bicyclic) bond motifs is 1. The van der Waals surface area contributed by atoms with E-state index in [1.165, 1.54) is 4.31 Å². The predicted molar refractivity (Wildman–Crippen MR) is 133 cm³/mol. The van der Waals surface area contributed by atoms with Crippen LogP contribution < -0.4 is 19.8 Å². The zero-order valence-corrected chi connectivity index (χ0v) is 19.4. The van der Waals surface area contributed by atoms with Gasteiger partial charge >= 0.3 is 6.03 Å². The van der Waals surface area contributed by atoms with Gasteiger partial charge in [0, 0.05) is 26.7 Å². The molecular formula is C25H28N4O3S. The third-order valence-corrected chi connectivity index (χ3v) is 7.42. The number of carbonyl (C=O) groups excluding carboxylic acids is 1. The highest BCUT2D eigenvalue weighted by molar-refractivity contribution is 7.92. The molecule has 0 bridgehead atoms. The minimum atomic E-state index is -3.52. The van der Waals surface area contributed by atoms with E-state index in [9.17, 15) is 13.2 Å². The van der Waals surface area contributed by atoms with Crippen molar-refractivity contribution in [2.45, 2.75) is 13.0 Å². The van der Waals surface area contributed by atoms with Crippen LogP contribution in [-0.4, -0.2) is 40.3 Å². The van der Waals surface area contributed by atoms with Crippen LogP contribution in [0.3, 0.4) is 0 Å². The molecular weight excluding hydrogens is 436 g/mol. The van der Waals surface area contributed by atoms with E-state index >= 15 is 0 Å². The number of hydrogen-bond donors (Lipinski definition) is 2. The van der Waals surface area contributed by atoms with Gasteiger partial charge in [-0.25, -0.2) is 13.2 Å². The quantitative estimate of drug-likeness (QED) is 0.531. The normalized spacial score (nSPS) is 12.8. The van der Waals surface area contributed by atoms with Gasteiger partial charge in [-0.05, 0) is 35.7 Å². The van der Waals surface area contributed by atoms with E-state index in [0.717, 1.165) is 22.5 Å². The molecule has 0 fully saturated rings. The molecule has 0 saturated carbocycles. The Bertz CT molecular complexity index is 1220. The van der Waals surface area contributed by atoms with Gasteiger partial charge in [0.15, 0.2) is 0 Å². The number of hydrogen-bond acceptors (Lipinski definition) is 4. The standard InChI is InChI=1S/C25H28N4O3S/c1-28(19-20-9-3-2-4-10-20)24-14-8-6-12-22(24)27-25(30)26-16-18-33(31,32)29-17-15-21-11-5-7-13-23(21)29/h2-14H,15-19H2,1H3,(H2,26,27,30). The highest BCUT2D eigenvalue weighted by Gasteiger charge is 2.28. The minimum absolute atomic E-state index is 0.0227. The van der Waals surface area contributed by atoms with Crippen LogP contribution in [0.4, 0.5) is 21.9 Å². The van der Waals surface area contributed by atoms with Gasteiger partial charge in [-0.2, -0.15) is 0 Å². The molecule has 2 N–H and O–H groups in total. The Morgan fingerprint density at radius 3 is 2.48 bits per heavy atom. The first-order valence-electron chi connectivity index (χ1n) is 10.9. The van der Waals surface area contributed by atoms with E-state index in [1.807, 2.05) is 73.8 Å². The number of urea groups is 1. The van der Waals surface area contributed by atoms with Crippen LogP contribution in [-0.2, 0) is 23.0 Å². The third kappa shape index (κ3) is 5.46. The second kappa shape index (κ2) is 9.95. The van der Waals surface area contributed by atoms with Crippen molar-refractivity contribution in [3.8, 4) is 0 Å². The molecule has 172 valence electrons. The third-order valence-electron chi connectivity index (χ3n) is 5.65. The summed E-state index contributed by atoms with van der Waals surface area (Å²) in [4.78, 5) is 14.6. The molecule has 0 radical (unpaired) electrons. The SMILES string of the molecule is CN(Cc1ccccc1)c1ccccc1NC(=O)NCCS(=O)(=O)N1CCc2ccccc21. The van der Waals surface area contributed by atoms with Crippen LogP contribution in [0, 0.1) is 0 Å². The van der Waals surface area contributed by atoms with E-state index in [0.29, 0.717) is 25.2 Å². The van der Waals surface area contributed by atoms with Crippen LogP contribution in [0.2, 0.25) is 0 Å². The van der Waals surface area contributed by atoms with Crippen molar-refractivity contribution >= 4 is 33.1 Å². The lowest BCUT2D eigenvalue weighted by Crippen LogP contribution is -2.38. The smallest absolute Gasteiger partial charge is 0.319 e. The van der Waals surface area contributed by atoms with Gasteiger partial charge in [0.25, 0.3) is 0 Å². The molecule has 8 heteroatoms. The van der Waals surface area contributed by atoms with Crippen LogP contribution in [0.25, 0.3) is 0 Å². The van der Waals surface area contributed by atoms with Crippen LogP contribution in [0.1, 0.15) is 11.1 Å². The highest BCUT2D eigenvalue weighted by Crippen LogP contribution is 2.30. The van der Waals surface area contributed by atoms with Crippen molar-refractivity contribution < 1.29 is 13.2 Å². The van der Waals surface area contributed by atoms with Gasteiger partial charge in [0.05, 0.1) is 22.8 Å². The van der Waals surface area contributed by atoms with Gasteiger partial charge in [-0.1, -0.05) is 60.7 Å². The maximum atomic E-state index is 12.8. The first-order valence-corrected chi connectivity index (χ1v) is 12.5. The molecule has 1 heterocycles. The zero-order chi connectivity index (χ0) is 23.3. The molecule has 1 aliphatic heterocycles. The van der Waals surface area contributed by atoms with E-state index in [-0.39, 0.29) is 12.3 Å². The van der Waals surface area contributed by atoms with E-state index in [4.69, 9.17) is 0 Å². The number of nitrogens with one attached hydrogen (secondary N) is 2. The molecule has 7 nitrogen and oxygen atoms in total. The summed E-state index contributed by atoms with van der Waals surface area (Å²) in [5.74, 6) is -0.162. The van der Waals surface area contributed by atoms with Crippen LogP contribution in [0.15, 0.2) is 78.9 Å². The molecule has 33 heavy (non-hydrogen) atoms. The molecule has 0 unspecified atom stereocenters. The Balaban J connectivity index is 1.33. The van der Waals surface area contributed by atoms with Gasteiger partial charge in [-0.3, -0.25) is 4.31 Å². The average Bonchev–Trinajstić information content (AvgIpc) is 3.25. The summed E-state index contributed by atoms with van der Waals surface area (Å²) in [7, 11) is -1.55. The fraction of sp³-hybridized carbons (Fsp3) is 0.240. The molecule has 0 spiro atoms. The Kier molecular flexibility index (Phi) is 6.84. The second-order valence-electron chi connectivity index (χ2n) is 8.01. The van der Waals surface area contributed by atoms with Crippen LogP contribution in [0.5, 0.6) is 0 Å². The summed E-state index contributed by atoms with van der Waals surface area (Å²) in [5, 5.41) is 5.52. The monoisotopic (exact) mass is 464 g/mol. The van der Waals surface area contributed by atoms with E-state index in [1.54, 1.807) is 0 Å². The van der Waals surface area contributed by atoms with Gasteiger partial charge in [0.2, 0.25) is 10.0 Å². The lowest BCUT2D eigenvalue weighted by molar-refractivity contribution is 0.252. The molecule has 0 aliphatic carbocycles. The average molecular weight is 465 g/mol. The number of amides is 2. The van der Waals surface area contributed by atoms with Crippen molar-refractivity contribution in [3.63, 3.8) is 0 Å². The molecule has 3 aromatic carbocycles. The minimum Gasteiger partial charge on any atom is -0.369 e.